The number of hydrogen-bond acceptors (Lipinski definition) is 5. The topological polar surface area (TPSA) is 118 Å². The second-order valence-corrected chi connectivity index (χ2v) is 7.29. The molecule has 2 amide bonds. The van der Waals surface area contributed by atoms with Crippen molar-refractivity contribution in [2.45, 2.75) is 30.7 Å². The molecule has 0 saturated heterocycles. The highest BCUT2D eigenvalue weighted by Crippen LogP contribution is 2.24. The normalized spacial score (nSPS) is 13.3. The number of benzene rings is 1. The van der Waals surface area contributed by atoms with Gasteiger partial charge in [-0.1, -0.05) is 6.07 Å². The number of hydrogen-bond donors (Lipinski definition) is 3. The number of hydrazine groups is 1. The molecule has 0 fully saturated rings. The molecule has 0 bridgehead atoms. The summed E-state index contributed by atoms with van der Waals surface area (Å²) in [6, 6.07) is 8.12. The van der Waals surface area contributed by atoms with Crippen molar-refractivity contribution in [2.75, 3.05) is 0 Å². The lowest BCUT2D eigenvalue weighted by molar-refractivity contribution is -0.139. The van der Waals surface area contributed by atoms with Gasteiger partial charge in [0.15, 0.2) is 0 Å². The first kappa shape index (κ1) is 17.2. The third-order valence-electron chi connectivity index (χ3n) is 3.89. The minimum absolute atomic E-state index is 0.0246. The van der Waals surface area contributed by atoms with Gasteiger partial charge in [0.2, 0.25) is 0 Å². The molecule has 0 unspecified atom stereocenters. The summed E-state index contributed by atoms with van der Waals surface area (Å²) in [6.45, 7) is 0.0246. The van der Waals surface area contributed by atoms with Crippen LogP contribution in [0.4, 0.5) is 0 Å². The Morgan fingerprint density at radius 3 is 2.64 bits per heavy atom. The highest BCUT2D eigenvalue weighted by atomic mass is 32.2. The molecule has 1 aliphatic rings. The molecule has 3 N–H and O–H groups in total. The molecule has 0 atom stereocenters. The fraction of sp³-hybridized carbons (Fsp3) is 0.250. The van der Waals surface area contributed by atoms with Crippen LogP contribution in [0.25, 0.3) is 0 Å². The van der Waals surface area contributed by atoms with Crippen LogP contribution in [-0.2, 0) is 39.0 Å². The Labute approximate surface area is 144 Å². The van der Waals surface area contributed by atoms with Gasteiger partial charge >= 0.3 is 11.8 Å². The number of sulfonamides is 1. The zero-order valence-electron chi connectivity index (χ0n) is 13.2. The number of amides is 2. The van der Waals surface area contributed by atoms with Crippen LogP contribution >= 0.6 is 0 Å². The van der Waals surface area contributed by atoms with E-state index in [-0.39, 0.29) is 11.4 Å². The maximum absolute atomic E-state index is 12.2. The zero-order valence-corrected chi connectivity index (χ0v) is 14.1. The van der Waals surface area contributed by atoms with Crippen LogP contribution in [0.3, 0.4) is 0 Å². The molecule has 8 nitrogen and oxygen atoms in total. The number of fused-ring (bicyclic) bond motifs is 1. The van der Waals surface area contributed by atoms with Gasteiger partial charge in [0.25, 0.3) is 10.0 Å². The Hall–Kier alpha value is -2.65. The average Bonchev–Trinajstić information content (AvgIpc) is 3.27. The highest BCUT2D eigenvalue weighted by molar-refractivity contribution is 7.89. The molecule has 1 aromatic carbocycles. The van der Waals surface area contributed by atoms with Crippen molar-refractivity contribution in [3.05, 3.63) is 53.5 Å². The number of nitrogens with one attached hydrogen (secondary N) is 3. The first-order valence-electron chi connectivity index (χ1n) is 7.70. The van der Waals surface area contributed by atoms with E-state index in [1.54, 1.807) is 24.3 Å². The fourth-order valence-corrected chi connectivity index (χ4v) is 3.49. The molecule has 3 rings (SSSR count). The molecule has 0 saturated carbocycles. The molecular weight excluding hydrogens is 346 g/mol. The van der Waals surface area contributed by atoms with Crippen molar-refractivity contribution in [3.8, 4) is 0 Å². The van der Waals surface area contributed by atoms with Crippen LogP contribution < -0.4 is 15.6 Å². The third kappa shape index (κ3) is 4.06. The van der Waals surface area contributed by atoms with Crippen molar-refractivity contribution in [1.29, 1.82) is 0 Å². The quantitative estimate of drug-likeness (QED) is 0.525. The van der Waals surface area contributed by atoms with Crippen LogP contribution in [0.15, 0.2) is 45.9 Å². The summed E-state index contributed by atoms with van der Waals surface area (Å²) < 4.78 is 29.5. The van der Waals surface area contributed by atoms with Crippen molar-refractivity contribution in [3.63, 3.8) is 0 Å². The van der Waals surface area contributed by atoms with E-state index in [2.05, 4.69) is 5.32 Å². The minimum Gasteiger partial charge on any atom is -0.467 e. The monoisotopic (exact) mass is 363 g/mol. The van der Waals surface area contributed by atoms with E-state index in [0.717, 1.165) is 30.4 Å². The van der Waals surface area contributed by atoms with Crippen LogP contribution in [-0.4, -0.2) is 20.2 Å². The summed E-state index contributed by atoms with van der Waals surface area (Å²) in [5.74, 6) is -1.62. The maximum Gasteiger partial charge on any atom is 0.324 e. The van der Waals surface area contributed by atoms with Gasteiger partial charge in [-0.2, -0.15) is 0 Å². The zero-order chi connectivity index (χ0) is 17.9. The fourth-order valence-electron chi connectivity index (χ4n) is 2.61. The lowest BCUT2D eigenvalue weighted by atomic mass is 10.1. The summed E-state index contributed by atoms with van der Waals surface area (Å²) >= 11 is 0. The third-order valence-corrected chi connectivity index (χ3v) is 5.13. The van der Waals surface area contributed by atoms with Crippen LogP contribution in [0.5, 0.6) is 0 Å². The first-order valence-corrected chi connectivity index (χ1v) is 9.18. The molecule has 25 heavy (non-hydrogen) atoms. The van der Waals surface area contributed by atoms with E-state index in [0.29, 0.717) is 5.76 Å². The Morgan fingerprint density at radius 1 is 1.08 bits per heavy atom. The molecule has 9 heteroatoms. The molecule has 132 valence electrons. The van der Waals surface area contributed by atoms with Crippen LogP contribution in [0.1, 0.15) is 23.3 Å². The van der Waals surface area contributed by atoms with Crippen molar-refractivity contribution in [2.24, 2.45) is 0 Å². The number of rotatable bonds is 5. The van der Waals surface area contributed by atoms with Gasteiger partial charge in [-0.3, -0.25) is 15.0 Å². The van der Waals surface area contributed by atoms with Gasteiger partial charge in [-0.15, -0.1) is 4.83 Å². The van der Waals surface area contributed by atoms with Gasteiger partial charge in [-0.05, 0) is 54.7 Å². The molecule has 1 heterocycles. The lowest BCUT2D eigenvalue weighted by Crippen LogP contribution is -2.48. The summed E-state index contributed by atoms with van der Waals surface area (Å²) in [5, 5.41) is 2.32. The van der Waals surface area contributed by atoms with E-state index in [9.17, 15) is 18.0 Å². The van der Waals surface area contributed by atoms with E-state index < -0.39 is 21.8 Å². The van der Waals surface area contributed by atoms with E-state index >= 15 is 0 Å². The van der Waals surface area contributed by atoms with Crippen molar-refractivity contribution >= 4 is 21.8 Å². The largest absolute Gasteiger partial charge is 0.467 e. The van der Waals surface area contributed by atoms with Gasteiger partial charge in [0.1, 0.15) is 5.76 Å². The van der Waals surface area contributed by atoms with Crippen molar-refractivity contribution < 1.29 is 22.4 Å². The second kappa shape index (κ2) is 7.08. The Morgan fingerprint density at radius 2 is 1.88 bits per heavy atom. The molecule has 2 aromatic rings. The minimum atomic E-state index is -3.95. The molecule has 1 aliphatic carbocycles. The summed E-state index contributed by atoms with van der Waals surface area (Å²) in [6.07, 6.45) is 4.21. The average molecular weight is 363 g/mol. The predicted octanol–water partition coefficient (Wildman–Crippen LogP) is 0.394. The summed E-state index contributed by atoms with van der Waals surface area (Å²) in [4.78, 5) is 25.3. The molecule has 0 aliphatic heterocycles. The number of furan rings is 1. The van der Waals surface area contributed by atoms with E-state index in [1.807, 2.05) is 10.3 Å². The highest BCUT2D eigenvalue weighted by Gasteiger charge is 2.21. The molecule has 1 aromatic heterocycles. The lowest BCUT2D eigenvalue weighted by Gasteiger charge is -2.09. The molecule has 0 radical (unpaired) electrons. The Kier molecular flexibility index (Phi) is 4.86. The number of carbonyl (C=O) groups excluding carboxylic acids is 2. The summed E-state index contributed by atoms with van der Waals surface area (Å²) in [5.41, 5.74) is 4.03. The standard InChI is InChI=1S/C16H17N3O5S/c20-15(17-10-13-5-2-8-24-13)16(21)18-19-25(22,23)14-7-6-11-3-1-4-12(11)9-14/h2,5-9,19H,1,3-4,10H2,(H,17,20)(H,18,21). The van der Waals surface area contributed by atoms with Gasteiger partial charge in [-0.25, -0.2) is 8.42 Å². The van der Waals surface area contributed by atoms with Crippen LogP contribution in [0, 0.1) is 0 Å². The molecular formula is C16H17N3O5S. The molecule has 0 spiro atoms. The Balaban J connectivity index is 1.56. The smallest absolute Gasteiger partial charge is 0.324 e. The maximum atomic E-state index is 12.2. The second-order valence-electron chi connectivity index (χ2n) is 5.61. The van der Waals surface area contributed by atoms with E-state index in [4.69, 9.17) is 4.42 Å². The van der Waals surface area contributed by atoms with Crippen LogP contribution in [0.2, 0.25) is 0 Å². The van der Waals surface area contributed by atoms with Gasteiger partial charge < -0.3 is 9.73 Å². The van der Waals surface area contributed by atoms with Gasteiger partial charge in [0, 0.05) is 0 Å². The van der Waals surface area contributed by atoms with Crippen molar-refractivity contribution in [1.82, 2.24) is 15.6 Å². The predicted molar refractivity (Wildman–Crippen MR) is 87.5 cm³/mol. The number of aryl methyl sites for hydroxylation is 2. The van der Waals surface area contributed by atoms with Gasteiger partial charge in [0.05, 0.1) is 17.7 Å². The SMILES string of the molecule is O=C(NCc1ccco1)C(=O)NNS(=O)(=O)c1ccc2c(c1)CCC2. The Bertz CT molecular complexity index is 890. The van der Waals surface area contributed by atoms with E-state index in [1.165, 1.54) is 12.3 Å². The summed E-state index contributed by atoms with van der Waals surface area (Å²) in [7, 11) is -3.95. The number of carbonyl (C=O) groups is 2. The first-order chi connectivity index (χ1) is 12.0.